The van der Waals surface area contributed by atoms with Gasteiger partial charge in [-0.15, -0.1) is 0 Å². The summed E-state index contributed by atoms with van der Waals surface area (Å²) in [6.45, 7) is 0. The molecule has 2 aromatic rings. The zero-order valence-electron chi connectivity index (χ0n) is 15.1. The molecule has 0 aliphatic carbocycles. The van der Waals surface area contributed by atoms with E-state index in [4.69, 9.17) is 19.9 Å². The minimum absolute atomic E-state index is 0.00420. The molecule has 0 fully saturated rings. The monoisotopic (exact) mass is 372 g/mol. The summed E-state index contributed by atoms with van der Waals surface area (Å²) in [7, 11) is 4.47. The van der Waals surface area contributed by atoms with Gasteiger partial charge in [0, 0.05) is 6.08 Å². The van der Waals surface area contributed by atoms with Crippen LogP contribution >= 0.6 is 0 Å². The summed E-state index contributed by atoms with van der Waals surface area (Å²) in [5.74, 6) is -0.285. The van der Waals surface area contributed by atoms with E-state index in [1.54, 1.807) is 12.1 Å². The first-order valence-corrected chi connectivity index (χ1v) is 7.82. The molecule has 0 unspecified atom stereocenters. The molecule has 0 atom stereocenters. The number of rotatable bonds is 7. The summed E-state index contributed by atoms with van der Waals surface area (Å²) in [4.78, 5) is 23.6. The maximum Gasteiger partial charge on any atom is 0.250 e. The van der Waals surface area contributed by atoms with Gasteiger partial charge in [-0.3, -0.25) is 9.59 Å². The van der Waals surface area contributed by atoms with E-state index in [-0.39, 0.29) is 17.0 Å². The third-order valence-corrected chi connectivity index (χ3v) is 3.67. The third kappa shape index (κ3) is 4.49. The van der Waals surface area contributed by atoms with E-state index >= 15 is 0 Å². The highest BCUT2D eigenvalue weighted by Crippen LogP contribution is 2.38. The van der Waals surface area contributed by atoms with Crippen molar-refractivity contribution in [3.8, 4) is 23.0 Å². The number of amides is 2. The number of benzene rings is 2. The molecule has 0 aliphatic rings. The van der Waals surface area contributed by atoms with Gasteiger partial charge in [0.15, 0.2) is 11.5 Å². The molecule has 8 nitrogen and oxygen atoms in total. The number of carbonyl (C=O) groups is 2. The molecule has 0 spiro atoms. The second-order valence-corrected chi connectivity index (χ2v) is 5.35. The van der Waals surface area contributed by atoms with E-state index in [0.29, 0.717) is 22.8 Å². The third-order valence-electron chi connectivity index (χ3n) is 3.67. The van der Waals surface area contributed by atoms with Crippen LogP contribution in [0.3, 0.4) is 0 Å². The molecule has 0 bridgehead atoms. The topological polar surface area (TPSA) is 120 Å². The van der Waals surface area contributed by atoms with Gasteiger partial charge >= 0.3 is 0 Å². The number of hydrogen-bond acceptors (Lipinski definition) is 6. The smallest absolute Gasteiger partial charge is 0.250 e. The fourth-order valence-corrected chi connectivity index (χ4v) is 2.41. The Kier molecular flexibility index (Phi) is 6.27. The number of ether oxygens (including phenoxy) is 3. The maximum atomic E-state index is 12.2. The standard InChI is InChI=1S/C19H20N2O6/c1-25-14-9-11(10-15(26-2)18(14)27-3)7-8-16(23)21-17-12(19(20)24)5-4-6-13(17)22/h4-10,22H,1-3H3,(H2,20,24)(H,21,23)/b8-7+. The Morgan fingerprint density at radius 3 is 2.22 bits per heavy atom. The Morgan fingerprint density at radius 1 is 1.07 bits per heavy atom. The number of nitrogens with two attached hydrogens (primary N) is 1. The predicted octanol–water partition coefficient (Wildman–Crippen LogP) is 2.17. The van der Waals surface area contributed by atoms with Crippen LogP contribution in [-0.2, 0) is 4.79 Å². The molecule has 0 aliphatic heterocycles. The summed E-state index contributed by atoms with van der Waals surface area (Å²) in [6, 6.07) is 7.53. The maximum absolute atomic E-state index is 12.2. The number of anilines is 1. The number of hydrogen-bond donors (Lipinski definition) is 3. The lowest BCUT2D eigenvalue weighted by atomic mass is 10.1. The van der Waals surface area contributed by atoms with Crippen molar-refractivity contribution in [3.05, 3.63) is 47.5 Å². The van der Waals surface area contributed by atoms with Crippen molar-refractivity contribution in [2.24, 2.45) is 5.73 Å². The minimum Gasteiger partial charge on any atom is -0.506 e. The first-order chi connectivity index (χ1) is 12.9. The molecule has 0 aromatic heterocycles. The Morgan fingerprint density at radius 2 is 1.70 bits per heavy atom. The molecule has 27 heavy (non-hydrogen) atoms. The van der Waals surface area contributed by atoms with Crippen LogP contribution in [0.4, 0.5) is 5.69 Å². The number of primary amides is 1. The summed E-state index contributed by atoms with van der Waals surface area (Å²) >= 11 is 0. The van der Waals surface area contributed by atoms with Gasteiger partial charge in [0.25, 0.3) is 5.91 Å². The fourth-order valence-electron chi connectivity index (χ4n) is 2.41. The van der Waals surface area contributed by atoms with Gasteiger partial charge in [-0.25, -0.2) is 0 Å². The van der Waals surface area contributed by atoms with Gasteiger partial charge < -0.3 is 30.4 Å². The number of nitrogens with one attached hydrogen (secondary N) is 1. The number of phenolic OH excluding ortho intramolecular Hbond substituents is 1. The molecule has 0 radical (unpaired) electrons. The molecule has 0 saturated carbocycles. The lowest BCUT2D eigenvalue weighted by Crippen LogP contribution is -2.17. The van der Waals surface area contributed by atoms with Gasteiger partial charge in [0.1, 0.15) is 5.75 Å². The average Bonchev–Trinajstić information content (AvgIpc) is 2.66. The van der Waals surface area contributed by atoms with Crippen LogP contribution in [0.1, 0.15) is 15.9 Å². The van der Waals surface area contributed by atoms with E-state index in [1.807, 2.05) is 0 Å². The molecule has 2 amide bonds. The van der Waals surface area contributed by atoms with Crippen molar-refractivity contribution in [3.63, 3.8) is 0 Å². The number of carbonyl (C=O) groups excluding carboxylic acids is 2. The van der Waals surface area contributed by atoms with Crippen molar-refractivity contribution in [2.45, 2.75) is 0 Å². The van der Waals surface area contributed by atoms with Gasteiger partial charge in [-0.2, -0.15) is 0 Å². The second kappa shape index (κ2) is 8.61. The molecule has 0 heterocycles. The first kappa shape index (κ1) is 19.6. The summed E-state index contributed by atoms with van der Waals surface area (Å²) in [5.41, 5.74) is 5.83. The van der Waals surface area contributed by atoms with E-state index in [2.05, 4.69) is 5.32 Å². The second-order valence-electron chi connectivity index (χ2n) is 5.35. The number of aromatic hydroxyl groups is 1. The highest BCUT2D eigenvalue weighted by molar-refractivity contribution is 6.08. The largest absolute Gasteiger partial charge is 0.506 e. The molecule has 0 saturated heterocycles. The highest BCUT2D eigenvalue weighted by atomic mass is 16.5. The van der Waals surface area contributed by atoms with Crippen molar-refractivity contribution in [1.29, 1.82) is 0 Å². The van der Waals surface area contributed by atoms with Crippen molar-refractivity contribution in [2.75, 3.05) is 26.6 Å². The zero-order chi connectivity index (χ0) is 20.0. The normalized spacial score (nSPS) is 10.5. The van der Waals surface area contributed by atoms with Crippen molar-refractivity contribution < 1.29 is 28.9 Å². The van der Waals surface area contributed by atoms with E-state index in [0.717, 1.165) is 0 Å². The van der Waals surface area contributed by atoms with Crippen LogP contribution in [0.5, 0.6) is 23.0 Å². The summed E-state index contributed by atoms with van der Waals surface area (Å²) in [6.07, 6.45) is 2.75. The summed E-state index contributed by atoms with van der Waals surface area (Å²) < 4.78 is 15.8. The van der Waals surface area contributed by atoms with Crippen LogP contribution in [0.25, 0.3) is 6.08 Å². The quantitative estimate of drug-likeness (QED) is 0.506. The Hall–Kier alpha value is -3.68. The van der Waals surface area contributed by atoms with Crippen LogP contribution in [0.15, 0.2) is 36.4 Å². The number of phenols is 1. The Balaban J connectivity index is 2.27. The molecule has 2 rings (SSSR count). The predicted molar refractivity (Wildman–Crippen MR) is 100 cm³/mol. The van der Waals surface area contributed by atoms with Crippen LogP contribution < -0.4 is 25.3 Å². The zero-order valence-corrected chi connectivity index (χ0v) is 15.1. The van der Waals surface area contributed by atoms with E-state index in [9.17, 15) is 14.7 Å². The number of methoxy groups -OCH3 is 3. The van der Waals surface area contributed by atoms with Gasteiger partial charge in [-0.1, -0.05) is 6.07 Å². The Bertz CT molecular complexity index is 867. The van der Waals surface area contributed by atoms with E-state index in [1.165, 1.54) is 51.7 Å². The van der Waals surface area contributed by atoms with Crippen molar-refractivity contribution >= 4 is 23.6 Å². The molecular formula is C19H20N2O6. The van der Waals surface area contributed by atoms with E-state index < -0.39 is 11.8 Å². The first-order valence-electron chi connectivity index (χ1n) is 7.82. The molecule has 4 N–H and O–H groups in total. The highest BCUT2D eigenvalue weighted by Gasteiger charge is 2.14. The molecule has 8 heteroatoms. The summed E-state index contributed by atoms with van der Waals surface area (Å²) in [5, 5.41) is 12.3. The lowest BCUT2D eigenvalue weighted by molar-refractivity contribution is -0.111. The number of para-hydroxylation sites is 1. The lowest BCUT2D eigenvalue weighted by Gasteiger charge is -2.13. The average molecular weight is 372 g/mol. The molecule has 142 valence electrons. The fraction of sp³-hybridized carbons (Fsp3) is 0.158. The van der Waals surface area contributed by atoms with Crippen LogP contribution in [0, 0.1) is 0 Å². The Labute approximate surface area is 156 Å². The molecular weight excluding hydrogens is 352 g/mol. The van der Waals surface area contributed by atoms with Crippen LogP contribution in [0.2, 0.25) is 0 Å². The van der Waals surface area contributed by atoms with Gasteiger partial charge in [-0.05, 0) is 35.9 Å². The van der Waals surface area contributed by atoms with Gasteiger partial charge in [0.05, 0.1) is 32.6 Å². The SMILES string of the molecule is COc1cc(/C=C/C(=O)Nc2c(O)cccc2C(N)=O)cc(OC)c1OC. The van der Waals surface area contributed by atoms with Crippen molar-refractivity contribution in [1.82, 2.24) is 0 Å². The van der Waals surface area contributed by atoms with Crippen LogP contribution in [-0.4, -0.2) is 38.3 Å². The minimum atomic E-state index is -0.769. The molecule has 2 aromatic carbocycles. The van der Waals surface area contributed by atoms with Gasteiger partial charge in [0.2, 0.25) is 11.7 Å².